The molecule has 32 heavy (non-hydrogen) atoms. The van der Waals surface area contributed by atoms with E-state index < -0.39 is 0 Å². The van der Waals surface area contributed by atoms with Crippen LogP contribution in [0.2, 0.25) is 0 Å². The molecule has 2 heteroatoms. The molecule has 1 saturated carbocycles. The minimum absolute atomic E-state index is 0.728. The number of aromatic nitrogens is 1. The molecule has 4 aromatic rings. The van der Waals surface area contributed by atoms with Gasteiger partial charge in [-0.2, -0.15) is 0 Å². The van der Waals surface area contributed by atoms with Crippen molar-refractivity contribution in [2.24, 2.45) is 7.05 Å². The Labute approximate surface area is 190 Å². The van der Waals surface area contributed by atoms with Crippen molar-refractivity contribution in [2.45, 2.75) is 57.8 Å². The smallest absolute Gasteiger partial charge is 0.224 e. The molecule has 1 fully saturated rings. The minimum Gasteiger partial charge on any atom is -0.343 e. The lowest BCUT2D eigenvalue weighted by atomic mass is 9.80. The third-order valence-electron chi connectivity index (χ3n) is 8.62. The van der Waals surface area contributed by atoms with Gasteiger partial charge in [0.2, 0.25) is 5.69 Å². The van der Waals surface area contributed by atoms with Crippen molar-refractivity contribution in [3.05, 3.63) is 64.8 Å². The molecule has 0 spiro atoms. The molecule has 0 bridgehead atoms. The average Bonchev–Trinajstić information content (AvgIpc) is 3.35. The molecule has 0 N–H and O–H groups in total. The van der Waals surface area contributed by atoms with Crippen LogP contribution < -0.4 is 9.47 Å². The Morgan fingerprint density at radius 1 is 0.969 bits per heavy atom. The molecule has 0 atom stereocenters. The van der Waals surface area contributed by atoms with E-state index in [9.17, 15) is 0 Å². The van der Waals surface area contributed by atoms with Gasteiger partial charge in [-0.05, 0) is 89.4 Å². The van der Waals surface area contributed by atoms with Crippen molar-refractivity contribution in [3.8, 4) is 11.3 Å². The summed E-state index contributed by atoms with van der Waals surface area (Å²) in [6, 6.07) is 14.3. The van der Waals surface area contributed by atoms with Crippen molar-refractivity contribution in [3.63, 3.8) is 0 Å². The Balaban J connectivity index is 1.63. The van der Waals surface area contributed by atoms with E-state index in [1.165, 1.54) is 100 Å². The van der Waals surface area contributed by atoms with Gasteiger partial charge >= 0.3 is 0 Å². The van der Waals surface area contributed by atoms with Crippen LogP contribution in [0.3, 0.4) is 0 Å². The molecular weight excluding hydrogens is 388 g/mol. The first-order valence-corrected chi connectivity index (χ1v) is 12.4. The van der Waals surface area contributed by atoms with Crippen LogP contribution in [-0.4, -0.2) is 7.05 Å². The van der Waals surface area contributed by atoms with Crippen molar-refractivity contribution < 1.29 is 4.57 Å². The van der Waals surface area contributed by atoms with Gasteiger partial charge in [-0.1, -0.05) is 37.1 Å². The number of fused-ring (bicyclic) bond motifs is 3. The maximum atomic E-state index is 2.55. The number of anilines is 2. The number of nitrogens with zero attached hydrogens (tertiary/aromatic N) is 2. The summed E-state index contributed by atoms with van der Waals surface area (Å²) in [4.78, 5) is 2.55. The first kappa shape index (κ1) is 18.7. The summed E-state index contributed by atoms with van der Waals surface area (Å²) in [6.07, 6.45) is 11.4. The van der Waals surface area contributed by atoms with Gasteiger partial charge in [0, 0.05) is 13.1 Å². The first-order valence-electron chi connectivity index (χ1n) is 12.4. The summed E-state index contributed by atoms with van der Waals surface area (Å²) in [5, 5.41) is 5.81. The fourth-order valence-corrected chi connectivity index (χ4v) is 7.10. The minimum atomic E-state index is 0.728. The van der Waals surface area contributed by atoms with Gasteiger partial charge in [-0.15, -0.1) is 0 Å². The monoisotopic (exact) mass is 419 g/mol. The predicted octanol–water partition coefficient (Wildman–Crippen LogP) is 7.02. The van der Waals surface area contributed by atoms with Gasteiger partial charge in [0.15, 0.2) is 6.20 Å². The first-order chi connectivity index (χ1) is 15.6. The lowest BCUT2D eigenvalue weighted by molar-refractivity contribution is -0.659. The molecular formula is C30H31N2+. The number of benzene rings is 3. The highest BCUT2D eigenvalue weighted by atomic mass is 15.1. The lowest BCUT2D eigenvalue weighted by Crippen LogP contribution is -2.34. The second-order valence-electron chi connectivity index (χ2n) is 10.3. The highest BCUT2D eigenvalue weighted by molar-refractivity contribution is 6.14. The molecule has 2 nitrogen and oxygen atoms in total. The Kier molecular flexibility index (Phi) is 3.84. The predicted molar refractivity (Wildman–Crippen MR) is 134 cm³/mol. The SMILES string of the molecule is Cc1c2c(c3c4c(cccc14)CCC3)N(C)c1cc(C3CCCC3)cc3cc[n+](C)c-2c13. The van der Waals surface area contributed by atoms with Gasteiger partial charge in [-0.25, -0.2) is 4.57 Å². The number of hydrogen-bond donors (Lipinski definition) is 0. The van der Waals surface area contributed by atoms with E-state index in [0.29, 0.717) is 0 Å². The largest absolute Gasteiger partial charge is 0.343 e. The molecule has 0 amide bonds. The summed E-state index contributed by atoms with van der Waals surface area (Å²) < 4.78 is 2.37. The van der Waals surface area contributed by atoms with Crippen LogP contribution in [0.15, 0.2) is 42.6 Å². The second kappa shape index (κ2) is 6.57. The van der Waals surface area contributed by atoms with E-state index in [4.69, 9.17) is 0 Å². The van der Waals surface area contributed by atoms with Crippen LogP contribution in [0.5, 0.6) is 0 Å². The van der Waals surface area contributed by atoms with Gasteiger partial charge < -0.3 is 4.90 Å². The Morgan fingerprint density at radius 2 is 1.81 bits per heavy atom. The summed E-state index contributed by atoms with van der Waals surface area (Å²) >= 11 is 0. The number of aryl methyl sites for hydroxylation is 4. The summed E-state index contributed by atoms with van der Waals surface area (Å²) in [7, 11) is 4.55. The van der Waals surface area contributed by atoms with Crippen LogP contribution >= 0.6 is 0 Å². The van der Waals surface area contributed by atoms with Crippen LogP contribution in [0.4, 0.5) is 11.4 Å². The molecule has 3 aromatic carbocycles. The zero-order valence-electron chi connectivity index (χ0n) is 19.5. The fourth-order valence-electron chi connectivity index (χ4n) is 7.10. The van der Waals surface area contributed by atoms with E-state index in [1.54, 1.807) is 11.1 Å². The number of rotatable bonds is 1. The molecule has 3 aliphatic rings. The summed E-state index contributed by atoms with van der Waals surface area (Å²) in [5.41, 5.74) is 11.8. The highest BCUT2D eigenvalue weighted by Crippen LogP contribution is 2.53. The summed E-state index contributed by atoms with van der Waals surface area (Å²) in [5.74, 6) is 0.728. The molecule has 7 rings (SSSR count). The number of pyridine rings is 1. The van der Waals surface area contributed by atoms with E-state index in [-0.39, 0.29) is 0 Å². The average molecular weight is 420 g/mol. The molecule has 0 unspecified atom stereocenters. The van der Waals surface area contributed by atoms with Crippen molar-refractivity contribution in [1.29, 1.82) is 0 Å². The normalized spacial score (nSPS) is 17.4. The summed E-state index contributed by atoms with van der Waals surface area (Å²) in [6.45, 7) is 2.35. The van der Waals surface area contributed by atoms with Gasteiger partial charge in [0.25, 0.3) is 0 Å². The Morgan fingerprint density at radius 3 is 2.66 bits per heavy atom. The van der Waals surface area contributed by atoms with Gasteiger partial charge in [-0.3, -0.25) is 0 Å². The van der Waals surface area contributed by atoms with E-state index in [0.717, 1.165) is 5.92 Å². The second-order valence-corrected chi connectivity index (χ2v) is 10.3. The van der Waals surface area contributed by atoms with Gasteiger partial charge in [0.05, 0.1) is 22.3 Å². The highest BCUT2D eigenvalue weighted by Gasteiger charge is 2.35. The van der Waals surface area contributed by atoms with E-state index in [2.05, 4.69) is 73.1 Å². The van der Waals surface area contributed by atoms with Crippen molar-refractivity contribution >= 4 is 32.9 Å². The molecule has 0 radical (unpaired) electrons. The maximum Gasteiger partial charge on any atom is 0.224 e. The topological polar surface area (TPSA) is 7.12 Å². The molecule has 2 heterocycles. The zero-order chi connectivity index (χ0) is 21.6. The molecule has 160 valence electrons. The fraction of sp³-hybridized carbons (Fsp3) is 0.367. The van der Waals surface area contributed by atoms with Crippen LogP contribution in [0.1, 0.15) is 60.3 Å². The maximum absolute atomic E-state index is 2.55. The molecule has 0 saturated heterocycles. The Hall–Kier alpha value is -2.87. The van der Waals surface area contributed by atoms with Crippen LogP contribution in [0.25, 0.3) is 32.8 Å². The molecule has 1 aromatic heterocycles. The quantitative estimate of drug-likeness (QED) is 0.301. The van der Waals surface area contributed by atoms with Crippen molar-refractivity contribution in [2.75, 3.05) is 11.9 Å². The third kappa shape index (κ3) is 2.33. The zero-order valence-corrected chi connectivity index (χ0v) is 19.5. The van der Waals surface area contributed by atoms with Gasteiger partial charge in [0.1, 0.15) is 7.05 Å². The Bertz CT molecular complexity index is 1440. The molecule has 1 aliphatic heterocycles. The standard InChI is InChI=1S/C30H31N2/c1-18-23-12-6-10-20-11-7-13-24(27(20)23)29-26(18)30-28-21(14-15-31(30)2)16-22(17-25(28)32(29)3)19-8-4-5-9-19/h6,10,12,14-17,19H,4-5,7-9,11,13H2,1-3H3/q+1. The van der Waals surface area contributed by atoms with E-state index in [1.807, 2.05) is 0 Å². The van der Waals surface area contributed by atoms with Crippen LogP contribution in [-0.2, 0) is 19.9 Å². The number of hydrogen-bond acceptors (Lipinski definition) is 1. The van der Waals surface area contributed by atoms with E-state index >= 15 is 0 Å². The third-order valence-corrected chi connectivity index (χ3v) is 8.62. The van der Waals surface area contributed by atoms with Crippen LogP contribution in [0, 0.1) is 6.92 Å². The molecule has 2 aliphatic carbocycles. The van der Waals surface area contributed by atoms with Crippen molar-refractivity contribution in [1.82, 2.24) is 0 Å². The lowest BCUT2D eigenvalue weighted by Gasteiger charge is -2.35.